The Morgan fingerprint density at radius 2 is 1.59 bits per heavy atom. The van der Waals surface area contributed by atoms with Crippen molar-refractivity contribution in [1.82, 2.24) is 4.90 Å². The molecule has 0 fully saturated rings. The Labute approximate surface area is 160 Å². The number of amides is 1. The topological polar surface area (TPSA) is 38.8 Å². The Morgan fingerprint density at radius 1 is 0.852 bits per heavy atom. The average molecular weight is 361 g/mol. The molecule has 0 aliphatic carbocycles. The van der Waals surface area contributed by atoms with Crippen molar-refractivity contribution in [3.8, 4) is 11.5 Å². The van der Waals surface area contributed by atoms with Gasteiger partial charge in [-0.2, -0.15) is 0 Å². The van der Waals surface area contributed by atoms with E-state index in [1.165, 1.54) is 0 Å². The lowest BCUT2D eigenvalue weighted by molar-refractivity contribution is 0.0784. The second-order valence-electron chi connectivity index (χ2n) is 6.31. The Kier molecular flexibility index (Phi) is 6.10. The predicted molar refractivity (Wildman–Crippen MR) is 106 cm³/mol. The van der Waals surface area contributed by atoms with Crippen molar-refractivity contribution in [1.29, 1.82) is 0 Å². The van der Waals surface area contributed by atoms with Crippen molar-refractivity contribution >= 4 is 5.91 Å². The fourth-order valence-corrected chi connectivity index (χ4v) is 2.76. The third-order valence-corrected chi connectivity index (χ3v) is 4.25. The summed E-state index contributed by atoms with van der Waals surface area (Å²) in [7, 11) is 3.43. The standard InChI is InChI=1S/C23H23NO3/c1-24(16-18-11-13-21(26-2)14-12-18)23(25)20-9-6-10-22(15-20)27-17-19-7-4-3-5-8-19/h3-15H,16-17H2,1-2H3. The molecule has 27 heavy (non-hydrogen) atoms. The van der Waals surface area contributed by atoms with E-state index in [2.05, 4.69) is 0 Å². The Balaban J connectivity index is 1.63. The molecule has 0 spiro atoms. The van der Waals surface area contributed by atoms with Crippen LogP contribution >= 0.6 is 0 Å². The van der Waals surface area contributed by atoms with E-state index in [1.807, 2.05) is 72.8 Å². The Bertz CT molecular complexity index is 876. The smallest absolute Gasteiger partial charge is 0.254 e. The monoisotopic (exact) mass is 361 g/mol. The van der Waals surface area contributed by atoms with Gasteiger partial charge < -0.3 is 14.4 Å². The lowest BCUT2D eigenvalue weighted by atomic mass is 10.1. The Hall–Kier alpha value is -3.27. The number of ether oxygens (including phenoxy) is 2. The first kappa shape index (κ1) is 18.5. The molecule has 0 saturated carbocycles. The van der Waals surface area contributed by atoms with E-state index in [0.29, 0.717) is 24.5 Å². The summed E-state index contributed by atoms with van der Waals surface area (Å²) in [4.78, 5) is 14.4. The molecule has 3 rings (SSSR count). The average Bonchev–Trinajstić information content (AvgIpc) is 2.73. The van der Waals surface area contributed by atoms with Crippen LogP contribution < -0.4 is 9.47 Å². The van der Waals surface area contributed by atoms with E-state index in [-0.39, 0.29) is 5.91 Å². The number of methoxy groups -OCH3 is 1. The van der Waals surface area contributed by atoms with Gasteiger partial charge in [0.15, 0.2) is 0 Å². The summed E-state index contributed by atoms with van der Waals surface area (Å²) in [5.41, 5.74) is 2.74. The molecule has 0 heterocycles. The molecule has 0 aliphatic heterocycles. The fourth-order valence-electron chi connectivity index (χ4n) is 2.76. The molecule has 0 atom stereocenters. The van der Waals surface area contributed by atoms with Crippen LogP contribution in [-0.4, -0.2) is 25.0 Å². The highest BCUT2D eigenvalue weighted by molar-refractivity contribution is 5.94. The second kappa shape index (κ2) is 8.90. The number of hydrogen-bond acceptors (Lipinski definition) is 3. The SMILES string of the molecule is COc1ccc(CN(C)C(=O)c2cccc(OCc3ccccc3)c2)cc1. The lowest BCUT2D eigenvalue weighted by Gasteiger charge is -2.18. The van der Waals surface area contributed by atoms with Gasteiger partial charge in [-0.25, -0.2) is 0 Å². The zero-order valence-corrected chi connectivity index (χ0v) is 15.6. The third-order valence-electron chi connectivity index (χ3n) is 4.25. The summed E-state index contributed by atoms with van der Waals surface area (Å²) in [6.07, 6.45) is 0. The highest BCUT2D eigenvalue weighted by Gasteiger charge is 2.13. The van der Waals surface area contributed by atoms with Crippen molar-refractivity contribution in [3.63, 3.8) is 0 Å². The molecule has 3 aromatic carbocycles. The van der Waals surface area contributed by atoms with Gasteiger partial charge in [0, 0.05) is 19.2 Å². The number of rotatable bonds is 7. The van der Waals surface area contributed by atoms with Crippen molar-refractivity contribution < 1.29 is 14.3 Å². The van der Waals surface area contributed by atoms with Gasteiger partial charge in [0.2, 0.25) is 0 Å². The highest BCUT2D eigenvalue weighted by Crippen LogP contribution is 2.18. The maximum absolute atomic E-state index is 12.7. The number of carbonyl (C=O) groups excluding carboxylic acids is 1. The minimum absolute atomic E-state index is 0.0454. The summed E-state index contributed by atoms with van der Waals surface area (Å²) in [5.74, 6) is 1.44. The van der Waals surface area contributed by atoms with Crippen molar-refractivity contribution in [2.24, 2.45) is 0 Å². The molecule has 138 valence electrons. The quantitative estimate of drug-likeness (QED) is 0.620. The van der Waals surface area contributed by atoms with Gasteiger partial charge in [-0.05, 0) is 41.5 Å². The first-order valence-electron chi connectivity index (χ1n) is 8.81. The lowest BCUT2D eigenvalue weighted by Crippen LogP contribution is -2.26. The van der Waals surface area contributed by atoms with Crippen LogP contribution in [0.1, 0.15) is 21.5 Å². The fraction of sp³-hybridized carbons (Fsp3) is 0.174. The van der Waals surface area contributed by atoms with E-state index in [0.717, 1.165) is 16.9 Å². The van der Waals surface area contributed by atoms with Crippen molar-refractivity contribution in [2.45, 2.75) is 13.2 Å². The molecule has 0 aliphatic rings. The van der Waals surface area contributed by atoms with Crippen molar-refractivity contribution in [3.05, 3.63) is 95.6 Å². The van der Waals surface area contributed by atoms with Crippen LogP contribution in [-0.2, 0) is 13.2 Å². The van der Waals surface area contributed by atoms with E-state index < -0.39 is 0 Å². The predicted octanol–water partition coefficient (Wildman–Crippen LogP) is 4.55. The highest BCUT2D eigenvalue weighted by atomic mass is 16.5. The Morgan fingerprint density at radius 3 is 2.30 bits per heavy atom. The zero-order valence-electron chi connectivity index (χ0n) is 15.6. The summed E-state index contributed by atoms with van der Waals surface area (Å²) < 4.78 is 11.0. The first-order chi connectivity index (χ1) is 13.2. The van der Waals surface area contributed by atoms with Gasteiger partial charge in [0.05, 0.1) is 7.11 Å². The van der Waals surface area contributed by atoms with Crippen LogP contribution in [0.4, 0.5) is 0 Å². The number of hydrogen-bond donors (Lipinski definition) is 0. The minimum atomic E-state index is -0.0454. The molecular formula is C23H23NO3. The maximum atomic E-state index is 12.7. The van der Waals surface area contributed by atoms with Crippen LogP contribution in [0.5, 0.6) is 11.5 Å². The van der Waals surface area contributed by atoms with Gasteiger partial charge >= 0.3 is 0 Å². The first-order valence-corrected chi connectivity index (χ1v) is 8.81. The van der Waals surface area contributed by atoms with Crippen LogP contribution in [0.15, 0.2) is 78.9 Å². The third kappa shape index (κ3) is 5.11. The number of carbonyl (C=O) groups is 1. The number of benzene rings is 3. The largest absolute Gasteiger partial charge is 0.497 e. The molecule has 1 amide bonds. The van der Waals surface area contributed by atoms with Gasteiger partial charge in [0.25, 0.3) is 5.91 Å². The molecule has 0 saturated heterocycles. The van der Waals surface area contributed by atoms with Crippen LogP contribution in [0.25, 0.3) is 0 Å². The van der Waals surface area contributed by atoms with E-state index in [1.54, 1.807) is 25.1 Å². The second-order valence-corrected chi connectivity index (χ2v) is 6.31. The minimum Gasteiger partial charge on any atom is -0.497 e. The molecular weight excluding hydrogens is 338 g/mol. The maximum Gasteiger partial charge on any atom is 0.254 e. The summed E-state index contributed by atoms with van der Waals surface area (Å²) in [6, 6.07) is 25.0. The summed E-state index contributed by atoms with van der Waals surface area (Å²) >= 11 is 0. The van der Waals surface area contributed by atoms with Gasteiger partial charge in [-0.1, -0.05) is 48.5 Å². The van der Waals surface area contributed by atoms with Crippen LogP contribution in [0.3, 0.4) is 0 Å². The normalized spacial score (nSPS) is 10.3. The summed E-state index contributed by atoms with van der Waals surface area (Å²) in [6.45, 7) is 0.998. The van der Waals surface area contributed by atoms with E-state index in [4.69, 9.17) is 9.47 Å². The molecule has 0 unspecified atom stereocenters. The van der Waals surface area contributed by atoms with Gasteiger partial charge in [-0.3, -0.25) is 4.79 Å². The summed E-state index contributed by atoms with van der Waals surface area (Å²) in [5, 5.41) is 0. The van der Waals surface area contributed by atoms with E-state index in [9.17, 15) is 4.79 Å². The molecule has 0 aromatic heterocycles. The van der Waals surface area contributed by atoms with Crippen LogP contribution in [0.2, 0.25) is 0 Å². The van der Waals surface area contributed by atoms with E-state index >= 15 is 0 Å². The van der Waals surface area contributed by atoms with Gasteiger partial charge in [-0.15, -0.1) is 0 Å². The molecule has 0 N–H and O–H groups in total. The zero-order chi connectivity index (χ0) is 19.1. The molecule has 0 bridgehead atoms. The number of nitrogens with zero attached hydrogens (tertiary/aromatic N) is 1. The van der Waals surface area contributed by atoms with Crippen molar-refractivity contribution in [2.75, 3.05) is 14.2 Å². The van der Waals surface area contributed by atoms with Crippen LogP contribution in [0, 0.1) is 0 Å². The molecule has 4 heteroatoms. The molecule has 3 aromatic rings. The molecule has 0 radical (unpaired) electrons. The van der Waals surface area contributed by atoms with Gasteiger partial charge in [0.1, 0.15) is 18.1 Å². The molecule has 4 nitrogen and oxygen atoms in total.